The van der Waals surface area contributed by atoms with Crippen molar-refractivity contribution in [1.82, 2.24) is 5.43 Å². The molecule has 0 unspecified atom stereocenters. The molecule has 170 valence electrons. The Morgan fingerprint density at radius 2 is 1.61 bits per heavy atom. The fraction of sp³-hybridized carbons (Fsp3) is 0.125. The van der Waals surface area contributed by atoms with Crippen LogP contribution in [0.2, 0.25) is 5.02 Å². The maximum Gasteiger partial charge on any atom is 0.343 e. The van der Waals surface area contributed by atoms with E-state index in [0.29, 0.717) is 33.4 Å². The molecule has 1 amide bonds. The van der Waals surface area contributed by atoms with Crippen LogP contribution in [-0.4, -0.2) is 38.9 Å². The second-order valence-corrected chi connectivity index (χ2v) is 7.00. The third kappa shape index (κ3) is 6.98. The molecule has 0 aliphatic carbocycles. The van der Waals surface area contributed by atoms with E-state index >= 15 is 0 Å². The summed E-state index contributed by atoms with van der Waals surface area (Å²) in [6, 6.07) is 18.1. The van der Waals surface area contributed by atoms with Gasteiger partial charge in [-0.25, -0.2) is 10.2 Å². The van der Waals surface area contributed by atoms with Gasteiger partial charge >= 0.3 is 5.97 Å². The van der Waals surface area contributed by atoms with Crippen LogP contribution in [0.25, 0.3) is 0 Å². The van der Waals surface area contributed by atoms with Crippen LogP contribution in [0.1, 0.15) is 15.9 Å². The van der Waals surface area contributed by atoms with Crippen molar-refractivity contribution >= 4 is 29.7 Å². The maximum atomic E-state index is 12.5. The van der Waals surface area contributed by atoms with Gasteiger partial charge in [-0.05, 0) is 72.3 Å². The van der Waals surface area contributed by atoms with E-state index in [-0.39, 0.29) is 12.4 Å². The fourth-order valence-corrected chi connectivity index (χ4v) is 2.76. The molecule has 0 aliphatic heterocycles. The molecule has 8 nitrogen and oxygen atoms in total. The van der Waals surface area contributed by atoms with E-state index in [4.69, 9.17) is 30.5 Å². The van der Waals surface area contributed by atoms with Crippen LogP contribution in [0, 0.1) is 0 Å². The predicted molar refractivity (Wildman–Crippen MR) is 124 cm³/mol. The van der Waals surface area contributed by atoms with E-state index in [9.17, 15) is 9.59 Å². The summed E-state index contributed by atoms with van der Waals surface area (Å²) in [6.45, 7) is -0.216. The first kappa shape index (κ1) is 23.6. The van der Waals surface area contributed by atoms with Crippen molar-refractivity contribution in [2.24, 2.45) is 5.10 Å². The number of nitrogens with zero attached hydrogens (tertiary/aromatic N) is 1. The summed E-state index contributed by atoms with van der Waals surface area (Å²) in [5, 5.41) is 4.47. The third-order valence-corrected chi connectivity index (χ3v) is 4.55. The van der Waals surface area contributed by atoms with E-state index in [1.807, 2.05) is 0 Å². The number of hydrogen-bond acceptors (Lipinski definition) is 7. The molecule has 0 aliphatic rings. The zero-order chi connectivity index (χ0) is 23.6. The summed E-state index contributed by atoms with van der Waals surface area (Å²) in [6.07, 6.45) is 1.41. The van der Waals surface area contributed by atoms with Crippen molar-refractivity contribution in [3.05, 3.63) is 82.9 Å². The summed E-state index contributed by atoms with van der Waals surface area (Å²) >= 11 is 5.81. The number of rotatable bonds is 9. The average molecular weight is 469 g/mol. The minimum Gasteiger partial charge on any atom is -0.497 e. The van der Waals surface area contributed by atoms with Gasteiger partial charge in [-0.1, -0.05) is 11.6 Å². The fourth-order valence-electron chi connectivity index (χ4n) is 2.63. The molecule has 0 heterocycles. The number of methoxy groups -OCH3 is 2. The number of amides is 1. The third-order valence-electron chi connectivity index (χ3n) is 4.30. The molecule has 0 fully saturated rings. The first-order valence-corrected chi connectivity index (χ1v) is 10.1. The molecule has 3 aromatic rings. The molecule has 9 heteroatoms. The molecule has 0 bridgehead atoms. The summed E-state index contributed by atoms with van der Waals surface area (Å²) in [5.74, 6) is 0.715. The maximum absolute atomic E-state index is 12.5. The Balaban J connectivity index is 1.59. The number of hydrogen-bond donors (Lipinski definition) is 1. The van der Waals surface area contributed by atoms with Gasteiger partial charge in [0.2, 0.25) is 0 Å². The van der Waals surface area contributed by atoms with Crippen molar-refractivity contribution in [1.29, 1.82) is 0 Å². The largest absolute Gasteiger partial charge is 0.497 e. The summed E-state index contributed by atoms with van der Waals surface area (Å²) < 4.78 is 21.2. The van der Waals surface area contributed by atoms with Gasteiger partial charge in [0.25, 0.3) is 5.91 Å². The molecule has 33 heavy (non-hydrogen) atoms. The molecule has 0 spiro atoms. The Morgan fingerprint density at radius 1 is 0.909 bits per heavy atom. The number of halogens is 1. The van der Waals surface area contributed by atoms with E-state index in [0.717, 1.165) is 0 Å². The number of carbonyl (C=O) groups is 2. The van der Waals surface area contributed by atoms with Crippen molar-refractivity contribution in [2.75, 3.05) is 20.8 Å². The number of esters is 1. The Labute approximate surface area is 195 Å². The standard InChI is InChI=1S/C24H21ClN2O6/c1-30-19-8-4-17(5-9-19)24(29)33-22-13-16(3-12-21(22)31-2)14-26-27-23(28)15-32-20-10-6-18(25)7-11-20/h3-14H,15H2,1-2H3,(H,27,28)/b26-14-. The van der Waals surface area contributed by atoms with E-state index in [1.165, 1.54) is 13.3 Å². The molecular weight excluding hydrogens is 448 g/mol. The molecular formula is C24H21ClN2O6. The lowest BCUT2D eigenvalue weighted by molar-refractivity contribution is -0.123. The molecule has 0 aromatic heterocycles. The Hall–Kier alpha value is -4.04. The highest BCUT2D eigenvalue weighted by atomic mass is 35.5. The topological polar surface area (TPSA) is 95.5 Å². The van der Waals surface area contributed by atoms with Gasteiger partial charge in [0.15, 0.2) is 18.1 Å². The quantitative estimate of drug-likeness (QED) is 0.220. The van der Waals surface area contributed by atoms with Crippen LogP contribution in [0.3, 0.4) is 0 Å². The van der Waals surface area contributed by atoms with E-state index in [1.54, 1.807) is 73.8 Å². The zero-order valence-corrected chi connectivity index (χ0v) is 18.7. The van der Waals surface area contributed by atoms with Crippen molar-refractivity contribution in [3.8, 4) is 23.0 Å². The molecule has 0 atom stereocenters. The minimum atomic E-state index is -0.558. The lowest BCUT2D eigenvalue weighted by atomic mass is 10.2. The van der Waals surface area contributed by atoms with Crippen LogP contribution in [0.4, 0.5) is 0 Å². The molecule has 3 aromatic carbocycles. The van der Waals surface area contributed by atoms with E-state index in [2.05, 4.69) is 10.5 Å². The van der Waals surface area contributed by atoms with Crippen LogP contribution in [0.5, 0.6) is 23.0 Å². The van der Waals surface area contributed by atoms with Gasteiger partial charge in [0.05, 0.1) is 26.0 Å². The van der Waals surface area contributed by atoms with Crippen LogP contribution in [-0.2, 0) is 4.79 Å². The molecule has 0 saturated carbocycles. The van der Waals surface area contributed by atoms with Crippen LogP contribution < -0.4 is 24.4 Å². The Kier molecular flexibility index (Phi) is 8.26. The Bertz CT molecular complexity index is 1130. The Morgan fingerprint density at radius 3 is 2.27 bits per heavy atom. The first-order chi connectivity index (χ1) is 16.0. The molecule has 0 saturated heterocycles. The van der Waals surface area contributed by atoms with Gasteiger partial charge in [-0.3, -0.25) is 4.79 Å². The number of benzene rings is 3. The highest BCUT2D eigenvalue weighted by Crippen LogP contribution is 2.28. The number of carbonyl (C=O) groups excluding carboxylic acids is 2. The van der Waals surface area contributed by atoms with Gasteiger partial charge < -0.3 is 18.9 Å². The second kappa shape index (κ2) is 11.5. The highest BCUT2D eigenvalue weighted by Gasteiger charge is 2.13. The van der Waals surface area contributed by atoms with Crippen LogP contribution in [0.15, 0.2) is 71.8 Å². The molecule has 0 radical (unpaired) electrons. The second-order valence-electron chi connectivity index (χ2n) is 6.56. The van der Waals surface area contributed by atoms with Gasteiger partial charge in [-0.15, -0.1) is 0 Å². The summed E-state index contributed by atoms with van der Waals surface area (Å²) in [5.41, 5.74) is 3.29. The van der Waals surface area contributed by atoms with Crippen molar-refractivity contribution in [2.45, 2.75) is 0 Å². The van der Waals surface area contributed by atoms with E-state index < -0.39 is 11.9 Å². The van der Waals surface area contributed by atoms with Crippen LogP contribution >= 0.6 is 11.6 Å². The van der Waals surface area contributed by atoms with Crippen molar-refractivity contribution < 1.29 is 28.5 Å². The predicted octanol–water partition coefficient (Wildman–Crippen LogP) is 4.11. The van der Waals surface area contributed by atoms with Crippen molar-refractivity contribution in [3.63, 3.8) is 0 Å². The summed E-state index contributed by atoms with van der Waals surface area (Å²) in [4.78, 5) is 24.4. The van der Waals surface area contributed by atoms with Gasteiger partial charge in [0, 0.05) is 5.02 Å². The first-order valence-electron chi connectivity index (χ1n) is 9.73. The minimum absolute atomic E-state index is 0.208. The normalized spacial score (nSPS) is 10.5. The lowest BCUT2D eigenvalue weighted by Crippen LogP contribution is -2.24. The van der Waals surface area contributed by atoms with Gasteiger partial charge in [0.1, 0.15) is 11.5 Å². The monoisotopic (exact) mass is 468 g/mol. The number of ether oxygens (including phenoxy) is 4. The average Bonchev–Trinajstić information content (AvgIpc) is 2.84. The van der Waals surface area contributed by atoms with Gasteiger partial charge in [-0.2, -0.15) is 5.10 Å². The smallest absolute Gasteiger partial charge is 0.343 e. The number of nitrogens with one attached hydrogen (secondary N) is 1. The molecule has 1 N–H and O–H groups in total. The zero-order valence-electron chi connectivity index (χ0n) is 17.9. The summed E-state index contributed by atoms with van der Waals surface area (Å²) in [7, 11) is 3.01. The molecule has 3 rings (SSSR count). The lowest BCUT2D eigenvalue weighted by Gasteiger charge is -2.10. The number of hydrazone groups is 1. The SMILES string of the molecule is COc1ccc(C(=O)Oc2cc(/C=N\NC(=O)COc3ccc(Cl)cc3)ccc2OC)cc1. The highest BCUT2D eigenvalue weighted by molar-refractivity contribution is 6.30.